The number of aromatic nitrogens is 5. The monoisotopic (exact) mass is 492 g/mol. The fraction of sp³-hybridized carbons (Fsp3) is 0.333. The maximum Gasteiger partial charge on any atom is 0.225 e. The van der Waals surface area contributed by atoms with Gasteiger partial charge in [0.2, 0.25) is 5.91 Å². The van der Waals surface area contributed by atoms with Gasteiger partial charge in [-0.3, -0.25) is 9.78 Å². The van der Waals surface area contributed by atoms with Crippen molar-refractivity contribution in [1.29, 1.82) is 0 Å². The Morgan fingerprint density at radius 1 is 0.973 bits per heavy atom. The van der Waals surface area contributed by atoms with Crippen LogP contribution in [0.5, 0.6) is 0 Å². The summed E-state index contributed by atoms with van der Waals surface area (Å²) in [6.07, 6.45) is 8.56. The largest absolute Gasteiger partial charge is 0.345 e. The van der Waals surface area contributed by atoms with Gasteiger partial charge < -0.3 is 14.5 Å². The average molecular weight is 493 g/mol. The molecule has 7 heteroatoms. The third-order valence-electron chi connectivity index (χ3n) is 7.41. The van der Waals surface area contributed by atoms with Crippen molar-refractivity contribution >= 4 is 28.0 Å². The lowest BCUT2D eigenvalue weighted by Gasteiger charge is -2.18. The number of rotatable bonds is 5. The molecule has 2 fully saturated rings. The fourth-order valence-electron chi connectivity index (χ4n) is 5.34. The minimum absolute atomic E-state index is 0.289. The summed E-state index contributed by atoms with van der Waals surface area (Å²) in [6.45, 7) is 6.57. The summed E-state index contributed by atoms with van der Waals surface area (Å²) < 4.78 is 2.32. The van der Waals surface area contributed by atoms with E-state index in [1.54, 1.807) is 6.33 Å². The van der Waals surface area contributed by atoms with E-state index in [9.17, 15) is 4.79 Å². The topological polar surface area (TPSA) is 79.7 Å². The molecular weight excluding hydrogens is 460 g/mol. The SMILES string of the molecule is CC.O=C(C1CC1)N1CCC(Cn2c(-c3ccc(-c4ccc5nc[nH]c5c4)cc3)nc3cnccc32)C1. The number of fused-ring (bicyclic) bond motifs is 2. The molecule has 37 heavy (non-hydrogen) atoms. The lowest BCUT2D eigenvalue weighted by molar-refractivity contribution is -0.131. The fourth-order valence-corrected chi connectivity index (χ4v) is 5.34. The summed E-state index contributed by atoms with van der Waals surface area (Å²) >= 11 is 0. The van der Waals surface area contributed by atoms with E-state index in [0.29, 0.717) is 11.8 Å². The number of likely N-dealkylation sites (tertiary alicyclic amines) is 1. The Bertz CT molecular complexity index is 1550. The smallest absolute Gasteiger partial charge is 0.225 e. The number of nitrogens with one attached hydrogen (secondary N) is 1. The van der Waals surface area contributed by atoms with Gasteiger partial charge in [0.25, 0.3) is 0 Å². The molecule has 0 spiro atoms. The van der Waals surface area contributed by atoms with Crippen LogP contribution in [-0.2, 0) is 11.3 Å². The molecule has 4 heterocycles. The second kappa shape index (κ2) is 9.81. The van der Waals surface area contributed by atoms with Crippen molar-refractivity contribution in [2.75, 3.05) is 13.1 Å². The number of benzene rings is 2. The number of aromatic amines is 1. The predicted octanol–water partition coefficient (Wildman–Crippen LogP) is 5.93. The minimum atomic E-state index is 0.289. The van der Waals surface area contributed by atoms with Crippen LogP contribution in [0.3, 0.4) is 0 Å². The Morgan fingerprint density at radius 2 is 1.76 bits per heavy atom. The molecular formula is C30H32N6O. The van der Waals surface area contributed by atoms with Gasteiger partial charge in [0, 0.05) is 37.3 Å². The molecule has 7 nitrogen and oxygen atoms in total. The van der Waals surface area contributed by atoms with Crippen molar-refractivity contribution in [2.24, 2.45) is 11.8 Å². The van der Waals surface area contributed by atoms with Crippen molar-refractivity contribution in [3.63, 3.8) is 0 Å². The lowest BCUT2D eigenvalue weighted by Crippen LogP contribution is -2.30. The highest BCUT2D eigenvalue weighted by Crippen LogP contribution is 2.34. The van der Waals surface area contributed by atoms with Crippen molar-refractivity contribution in [1.82, 2.24) is 29.4 Å². The number of carbonyl (C=O) groups excluding carboxylic acids is 1. The average Bonchev–Trinajstić information content (AvgIpc) is 3.34. The van der Waals surface area contributed by atoms with Crippen molar-refractivity contribution in [3.8, 4) is 22.5 Å². The van der Waals surface area contributed by atoms with Crippen LogP contribution in [0.2, 0.25) is 0 Å². The van der Waals surface area contributed by atoms with E-state index in [0.717, 1.165) is 83.5 Å². The van der Waals surface area contributed by atoms with Crippen LogP contribution < -0.4 is 0 Å². The third-order valence-corrected chi connectivity index (χ3v) is 7.41. The molecule has 2 aromatic carbocycles. The Balaban J connectivity index is 0.00000123. The van der Waals surface area contributed by atoms with Gasteiger partial charge in [-0.2, -0.15) is 0 Å². The van der Waals surface area contributed by atoms with Crippen LogP contribution in [0.25, 0.3) is 44.6 Å². The van der Waals surface area contributed by atoms with E-state index in [2.05, 4.69) is 60.8 Å². The molecule has 1 aliphatic carbocycles. The first-order valence-electron chi connectivity index (χ1n) is 13.4. The zero-order chi connectivity index (χ0) is 25.4. The van der Waals surface area contributed by atoms with Gasteiger partial charge in [-0.15, -0.1) is 0 Å². The number of amides is 1. The summed E-state index contributed by atoms with van der Waals surface area (Å²) in [7, 11) is 0. The number of hydrogen-bond acceptors (Lipinski definition) is 4. The van der Waals surface area contributed by atoms with Gasteiger partial charge in [-0.05, 0) is 54.5 Å². The molecule has 1 unspecified atom stereocenters. The molecule has 1 saturated heterocycles. The number of hydrogen-bond donors (Lipinski definition) is 1. The maximum atomic E-state index is 12.6. The molecule has 188 valence electrons. The molecule has 0 bridgehead atoms. The predicted molar refractivity (Wildman–Crippen MR) is 147 cm³/mol. The second-order valence-corrected chi connectivity index (χ2v) is 9.84. The van der Waals surface area contributed by atoms with E-state index in [-0.39, 0.29) is 5.92 Å². The minimum Gasteiger partial charge on any atom is -0.345 e. The quantitative estimate of drug-likeness (QED) is 0.330. The van der Waals surface area contributed by atoms with E-state index in [1.807, 2.05) is 38.4 Å². The van der Waals surface area contributed by atoms with Gasteiger partial charge >= 0.3 is 0 Å². The first-order chi connectivity index (χ1) is 18.2. The van der Waals surface area contributed by atoms with Crippen LogP contribution >= 0.6 is 0 Å². The summed E-state index contributed by atoms with van der Waals surface area (Å²) in [5.74, 6) is 2.03. The van der Waals surface area contributed by atoms with Gasteiger partial charge in [0.15, 0.2) is 0 Å². The maximum absolute atomic E-state index is 12.6. The van der Waals surface area contributed by atoms with E-state index >= 15 is 0 Å². The van der Waals surface area contributed by atoms with Crippen molar-refractivity contribution in [2.45, 2.75) is 39.7 Å². The molecule has 1 atom stereocenters. The lowest BCUT2D eigenvalue weighted by atomic mass is 10.0. The molecule has 1 saturated carbocycles. The zero-order valence-corrected chi connectivity index (χ0v) is 21.4. The summed E-state index contributed by atoms with van der Waals surface area (Å²) in [6, 6.07) is 16.9. The normalized spacial score (nSPS) is 17.2. The number of pyridine rings is 1. The van der Waals surface area contributed by atoms with E-state index < -0.39 is 0 Å². The van der Waals surface area contributed by atoms with Crippen molar-refractivity contribution < 1.29 is 4.79 Å². The molecule has 0 radical (unpaired) electrons. The van der Waals surface area contributed by atoms with Crippen LogP contribution in [-0.4, -0.2) is 48.4 Å². The number of nitrogens with zero attached hydrogens (tertiary/aromatic N) is 5. The Morgan fingerprint density at radius 3 is 2.57 bits per heavy atom. The second-order valence-electron chi connectivity index (χ2n) is 9.84. The number of imidazole rings is 2. The first kappa shape index (κ1) is 23.4. The first-order valence-corrected chi connectivity index (χ1v) is 13.4. The van der Waals surface area contributed by atoms with Gasteiger partial charge in [-0.1, -0.05) is 44.2 Å². The zero-order valence-electron chi connectivity index (χ0n) is 21.4. The van der Waals surface area contributed by atoms with E-state index in [1.165, 1.54) is 0 Å². The van der Waals surface area contributed by atoms with Gasteiger partial charge in [-0.25, -0.2) is 9.97 Å². The van der Waals surface area contributed by atoms with Crippen LogP contribution in [0, 0.1) is 11.8 Å². The molecule has 1 amide bonds. The van der Waals surface area contributed by atoms with Crippen molar-refractivity contribution in [3.05, 3.63) is 67.3 Å². The molecule has 7 rings (SSSR count). The Hall–Kier alpha value is -4.00. The molecule has 3 aromatic heterocycles. The van der Waals surface area contributed by atoms with Crippen LogP contribution in [0.4, 0.5) is 0 Å². The molecule has 2 aliphatic rings. The van der Waals surface area contributed by atoms with E-state index in [4.69, 9.17) is 4.98 Å². The number of carbonyl (C=O) groups is 1. The Kier molecular flexibility index (Phi) is 6.20. The highest BCUT2D eigenvalue weighted by molar-refractivity contribution is 5.83. The number of H-pyrrole nitrogens is 1. The molecule has 1 aliphatic heterocycles. The molecule has 5 aromatic rings. The molecule has 1 N–H and O–H groups in total. The summed E-state index contributed by atoms with van der Waals surface area (Å²) in [5, 5.41) is 0. The van der Waals surface area contributed by atoms with Gasteiger partial charge in [0.1, 0.15) is 11.3 Å². The highest BCUT2D eigenvalue weighted by atomic mass is 16.2. The Labute approximate surface area is 216 Å². The summed E-state index contributed by atoms with van der Waals surface area (Å²) in [5.41, 5.74) is 7.38. The van der Waals surface area contributed by atoms with Crippen LogP contribution in [0.15, 0.2) is 67.3 Å². The van der Waals surface area contributed by atoms with Gasteiger partial charge in [0.05, 0.1) is 29.1 Å². The standard InChI is InChI=1S/C28H26N6O.C2H6/c35-28(21-5-6-21)33-12-10-18(15-33)16-34-26-9-11-29-14-25(26)32-27(34)20-3-1-19(2-4-20)22-7-8-23-24(13-22)31-17-30-23;1-2/h1-4,7-9,11,13-14,17-18,21H,5-6,10,12,15-16H2,(H,30,31);1-2H3. The summed E-state index contributed by atoms with van der Waals surface area (Å²) in [4.78, 5) is 31.4. The third kappa shape index (κ3) is 4.50. The highest BCUT2D eigenvalue weighted by Gasteiger charge is 2.36. The van der Waals surface area contributed by atoms with Crippen LogP contribution in [0.1, 0.15) is 33.1 Å².